The van der Waals surface area contributed by atoms with E-state index >= 15 is 0 Å². The smallest absolute Gasteiger partial charge is 0.251 e. The van der Waals surface area contributed by atoms with Gasteiger partial charge < -0.3 is 15.0 Å². The van der Waals surface area contributed by atoms with Gasteiger partial charge in [0.15, 0.2) is 0 Å². The molecule has 2 N–H and O–H groups in total. The summed E-state index contributed by atoms with van der Waals surface area (Å²) in [7, 11) is 0. The number of benzene rings is 1. The van der Waals surface area contributed by atoms with Crippen molar-refractivity contribution in [3.8, 4) is 0 Å². The molecule has 4 heteroatoms. The molecule has 0 spiro atoms. The molecule has 2 atom stereocenters. The van der Waals surface area contributed by atoms with Gasteiger partial charge in [-0.05, 0) is 43.4 Å². The van der Waals surface area contributed by atoms with E-state index in [-0.39, 0.29) is 18.1 Å². The van der Waals surface area contributed by atoms with E-state index in [9.17, 15) is 4.79 Å². The zero-order valence-corrected chi connectivity index (χ0v) is 11.0. The predicted octanol–water partition coefficient (Wildman–Crippen LogP) is 2.47. The van der Waals surface area contributed by atoms with Crippen LogP contribution in [0, 0.1) is 0 Å². The van der Waals surface area contributed by atoms with Crippen LogP contribution in [0.15, 0.2) is 30.5 Å². The second-order valence-electron chi connectivity index (χ2n) is 5.16. The van der Waals surface area contributed by atoms with E-state index in [4.69, 9.17) is 4.74 Å². The Hall–Kier alpha value is -1.81. The molecule has 100 valence electrons. The number of ether oxygens (including phenoxy) is 1. The van der Waals surface area contributed by atoms with E-state index in [2.05, 4.69) is 10.3 Å². The van der Waals surface area contributed by atoms with Crippen molar-refractivity contribution < 1.29 is 9.53 Å². The van der Waals surface area contributed by atoms with Crippen LogP contribution in [0.1, 0.15) is 30.1 Å². The Balaban J connectivity index is 1.72. The Kier molecular flexibility index (Phi) is 3.25. The number of fused-ring (bicyclic) bond motifs is 1. The second-order valence-corrected chi connectivity index (χ2v) is 5.16. The molecule has 0 aliphatic carbocycles. The van der Waals surface area contributed by atoms with Gasteiger partial charge in [0, 0.05) is 29.9 Å². The molecule has 1 aliphatic rings. The lowest BCUT2D eigenvalue weighted by molar-refractivity contribution is 0.0136. The molecule has 1 aromatic heterocycles. The molecule has 2 unspecified atom stereocenters. The van der Waals surface area contributed by atoms with Gasteiger partial charge in [0.05, 0.1) is 6.10 Å². The molecule has 0 radical (unpaired) electrons. The number of H-pyrrole nitrogens is 1. The fraction of sp³-hybridized carbons (Fsp3) is 0.400. The number of aromatic nitrogens is 1. The van der Waals surface area contributed by atoms with Crippen molar-refractivity contribution in [3.05, 3.63) is 36.0 Å². The van der Waals surface area contributed by atoms with Gasteiger partial charge >= 0.3 is 0 Å². The van der Waals surface area contributed by atoms with Crippen LogP contribution in [-0.4, -0.2) is 29.6 Å². The SMILES string of the molecule is CC1CC(NC(=O)c2ccc3cc[nH]c3c2)CCO1. The molecule has 0 saturated carbocycles. The Morgan fingerprint density at radius 1 is 1.42 bits per heavy atom. The van der Waals surface area contributed by atoms with Crippen LogP contribution in [0.3, 0.4) is 0 Å². The van der Waals surface area contributed by atoms with Crippen LogP contribution in [0.4, 0.5) is 0 Å². The highest BCUT2D eigenvalue weighted by atomic mass is 16.5. The Bertz CT molecular complexity index is 591. The Labute approximate surface area is 112 Å². The zero-order valence-electron chi connectivity index (χ0n) is 11.0. The number of aromatic amines is 1. The van der Waals surface area contributed by atoms with Gasteiger partial charge in [0.25, 0.3) is 5.91 Å². The maximum absolute atomic E-state index is 12.2. The van der Waals surface area contributed by atoms with Crippen molar-refractivity contribution in [2.45, 2.75) is 31.9 Å². The summed E-state index contributed by atoms with van der Waals surface area (Å²) in [5, 5.41) is 4.21. The molecular weight excluding hydrogens is 240 g/mol. The van der Waals surface area contributed by atoms with E-state index in [0.717, 1.165) is 30.4 Å². The van der Waals surface area contributed by atoms with Crippen LogP contribution >= 0.6 is 0 Å². The second kappa shape index (κ2) is 5.05. The van der Waals surface area contributed by atoms with E-state index in [1.165, 1.54) is 0 Å². The van der Waals surface area contributed by atoms with E-state index < -0.39 is 0 Å². The predicted molar refractivity (Wildman–Crippen MR) is 74.2 cm³/mol. The number of amides is 1. The third kappa shape index (κ3) is 2.63. The molecule has 3 rings (SSSR count). The summed E-state index contributed by atoms with van der Waals surface area (Å²) < 4.78 is 5.49. The first-order valence-electron chi connectivity index (χ1n) is 6.72. The molecule has 4 nitrogen and oxygen atoms in total. The number of nitrogens with one attached hydrogen (secondary N) is 2. The van der Waals surface area contributed by atoms with Crippen molar-refractivity contribution in [1.29, 1.82) is 0 Å². The molecule has 0 bridgehead atoms. The number of rotatable bonds is 2. The van der Waals surface area contributed by atoms with Crippen molar-refractivity contribution >= 4 is 16.8 Å². The molecule has 1 aliphatic heterocycles. The highest BCUT2D eigenvalue weighted by Crippen LogP contribution is 2.16. The molecule has 1 amide bonds. The van der Waals surface area contributed by atoms with Crippen molar-refractivity contribution in [2.24, 2.45) is 0 Å². The van der Waals surface area contributed by atoms with E-state index in [0.29, 0.717) is 5.56 Å². The minimum Gasteiger partial charge on any atom is -0.378 e. The maximum atomic E-state index is 12.2. The normalized spacial score (nSPS) is 23.4. The third-order valence-corrected chi connectivity index (χ3v) is 3.64. The van der Waals surface area contributed by atoms with Crippen LogP contribution in [0.25, 0.3) is 10.9 Å². The summed E-state index contributed by atoms with van der Waals surface area (Å²) in [6, 6.07) is 7.95. The van der Waals surface area contributed by atoms with Crippen LogP contribution < -0.4 is 5.32 Å². The van der Waals surface area contributed by atoms with Gasteiger partial charge in [0.1, 0.15) is 0 Å². The molecular formula is C15H18N2O2. The lowest BCUT2D eigenvalue weighted by Gasteiger charge is -2.27. The molecule has 2 aromatic rings. The van der Waals surface area contributed by atoms with Crippen molar-refractivity contribution in [2.75, 3.05) is 6.61 Å². The quantitative estimate of drug-likeness (QED) is 0.869. The molecule has 1 aromatic carbocycles. The summed E-state index contributed by atoms with van der Waals surface area (Å²) >= 11 is 0. The Morgan fingerprint density at radius 2 is 2.32 bits per heavy atom. The highest BCUT2D eigenvalue weighted by Gasteiger charge is 2.21. The first kappa shape index (κ1) is 12.2. The Morgan fingerprint density at radius 3 is 3.16 bits per heavy atom. The lowest BCUT2D eigenvalue weighted by atomic mass is 10.0. The van der Waals surface area contributed by atoms with E-state index in [1.54, 1.807) is 0 Å². The number of carbonyl (C=O) groups is 1. The summed E-state index contributed by atoms with van der Waals surface area (Å²) in [6.45, 7) is 2.77. The zero-order chi connectivity index (χ0) is 13.2. The first-order valence-corrected chi connectivity index (χ1v) is 6.72. The number of carbonyl (C=O) groups excluding carboxylic acids is 1. The summed E-state index contributed by atoms with van der Waals surface area (Å²) in [4.78, 5) is 15.3. The van der Waals surface area contributed by atoms with Crippen molar-refractivity contribution in [1.82, 2.24) is 10.3 Å². The van der Waals surface area contributed by atoms with Crippen LogP contribution in [-0.2, 0) is 4.74 Å². The lowest BCUT2D eigenvalue weighted by Crippen LogP contribution is -2.41. The van der Waals surface area contributed by atoms with Gasteiger partial charge in [-0.15, -0.1) is 0 Å². The molecule has 2 heterocycles. The monoisotopic (exact) mass is 258 g/mol. The fourth-order valence-electron chi connectivity index (χ4n) is 2.59. The van der Waals surface area contributed by atoms with Gasteiger partial charge in [0.2, 0.25) is 0 Å². The maximum Gasteiger partial charge on any atom is 0.251 e. The van der Waals surface area contributed by atoms with Gasteiger partial charge in [-0.3, -0.25) is 4.79 Å². The van der Waals surface area contributed by atoms with Crippen LogP contribution in [0.5, 0.6) is 0 Å². The fourth-order valence-corrected chi connectivity index (χ4v) is 2.59. The van der Waals surface area contributed by atoms with Crippen molar-refractivity contribution in [3.63, 3.8) is 0 Å². The number of hydrogen-bond donors (Lipinski definition) is 2. The average Bonchev–Trinajstić information content (AvgIpc) is 2.85. The minimum atomic E-state index is -0.00407. The first-order chi connectivity index (χ1) is 9.22. The molecule has 1 fully saturated rings. The van der Waals surface area contributed by atoms with E-state index in [1.807, 2.05) is 37.4 Å². The summed E-state index contributed by atoms with van der Waals surface area (Å²) in [5.41, 5.74) is 1.70. The van der Waals surface area contributed by atoms with Gasteiger partial charge in [-0.1, -0.05) is 6.07 Å². The average molecular weight is 258 g/mol. The van der Waals surface area contributed by atoms with Crippen LogP contribution in [0.2, 0.25) is 0 Å². The highest BCUT2D eigenvalue weighted by molar-refractivity contribution is 5.98. The topological polar surface area (TPSA) is 54.1 Å². The molecule has 19 heavy (non-hydrogen) atoms. The van der Waals surface area contributed by atoms with Gasteiger partial charge in [-0.2, -0.15) is 0 Å². The van der Waals surface area contributed by atoms with Gasteiger partial charge in [-0.25, -0.2) is 0 Å². The standard InChI is InChI=1S/C15H18N2O2/c1-10-8-13(5-7-19-10)17-15(18)12-3-2-11-4-6-16-14(11)9-12/h2-4,6,9-10,13,16H,5,7-8H2,1H3,(H,17,18). The molecule has 1 saturated heterocycles. The third-order valence-electron chi connectivity index (χ3n) is 3.64. The number of hydrogen-bond acceptors (Lipinski definition) is 2. The summed E-state index contributed by atoms with van der Waals surface area (Å²) in [5.74, 6) is -0.00407. The summed E-state index contributed by atoms with van der Waals surface area (Å²) in [6.07, 6.45) is 3.88. The minimum absolute atomic E-state index is 0.00407. The largest absolute Gasteiger partial charge is 0.378 e.